The molecule has 1 aliphatic heterocycles. The fourth-order valence-corrected chi connectivity index (χ4v) is 3.94. The molecule has 0 bridgehead atoms. The average molecular weight is 252 g/mol. The van der Waals surface area contributed by atoms with Crippen molar-refractivity contribution in [3.8, 4) is 0 Å². The molecule has 102 valence electrons. The summed E-state index contributed by atoms with van der Waals surface area (Å²) in [6.07, 6.45) is 9.68. The van der Waals surface area contributed by atoms with Crippen molar-refractivity contribution in [2.75, 3.05) is 6.61 Å². The van der Waals surface area contributed by atoms with Crippen LogP contribution in [0.25, 0.3) is 0 Å². The smallest absolute Gasteiger partial charge is 0.155 e. The van der Waals surface area contributed by atoms with Crippen LogP contribution in [-0.4, -0.2) is 30.7 Å². The zero-order valence-electron chi connectivity index (χ0n) is 11.6. The van der Waals surface area contributed by atoms with E-state index in [0.717, 1.165) is 12.8 Å². The summed E-state index contributed by atoms with van der Waals surface area (Å²) in [6, 6.07) is 0. The van der Waals surface area contributed by atoms with E-state index in [-0.39, 0.29) is 23.4 Å². The molecule has 3 aliphatic rings. The highest BCUT2D eigenvalue weighted by molar-refractivity contribution is 5.28. The number of hydrogen-bond acceptors (Lipinski definition) is 3. The SMILES string of the molecule is CCOC(C)O[C@@H]1CCC[C@]23O[C@H]2CC=C[C@]13C. The Kier molecular flexibility index (Phi) is 3.04. The Morgan fingerprint density at radius 1 is 1.50 bits per heavy atom. The molecule has 2 fully saturated rings. The van der Waals surface area contributed by atoms with Crippen LogP contribution < -0.4 is 0 Å². The van der Waals surface area contributed by atoms with Crippen LogP contribution in [0.2, 0.25) is 0 Å². The highest BCUT2D eigenvalue weighted by Gasteiger charge is 2.70. The molecule has 0 aromatic heterocycles. The first kappa shape index (κ1) is 12.6. The summed E-state index contributed by atoms with van der Waals surface area (Å²) in [5.41, 5.74) is 0.0934. The molecule has 0 amide bonds. The Hall–Kier alpha value is -0.380. The van der Waals surface area contributed by atoms with Gasteiger partial charge in [0.25, 0.3) is 0 Å². The van der Waals surface area contributed by atoms with Gasteiger partial charge in [-0.05, 0) is 39.5 Å². The second kappa shape index (κ2) is 4.32. The first-order valence-electron chi connectivity index (χ1n) is 7.25. The van der Waals surface area contributed by atoms with Gasteiger partial charge in [-0.15, -0.1) is 0 Å². The Bertz CT molecular complexity index is 354. The highest BCUT2D eigenvalue weighted by atomic mass is 16.7. The van der Waals surface area contributed by atoms with Gasteiger partial charge >= 0.3 is 0 Å². The van der Waals surface area contributed by atoms with Crippen LogP contribution in [0.1, 0.15) is 46.5 Å². The zero-order valence-corrected chi connectivity index (χ0v) is 11.6. The number of epoxide rings is 1. The first-order chi connectivity index (χ1) is 8.62. The molecular weight excluding hydrogens is 228 g/mol. The topological polar surface area (TPSA) is 31.0 Å². The lowest BCUT2D eigenvalue weighted by Gasteiger charge is -2.46. The van der Waals surface area contributed by atoms with E-state index >= 15 is 0 Å². The molecule has 0 aromatic rings. The lowest BCUT2D eigenvalue weighted by atomic mass is 9.61. The number of rotatable bonds is 4. The molecule has 0 radical (unpaired) electrons. The van der Waals surface area contributed by atoms with E-state index in [4.69, 9.17) is 14.2 Å². The predicted molar refractivity (Wildman–Crippen MR) is 69.3 cm³/mol. The molecule has 3 nitrogen and oxygen atoms in total. The predicted octanol–water partition coefficient (Wildman–Crippen LogP) is 3.04. The largest absolute Gasteiger partial charge is 0.365 e. The molecule has 2 aliphatic carbocycles. The second-order valence-electron chi connectivity index (χ2n) is 5.96. The second-order valence-corrected chi connectivity index (χ2v) is 5.96. The minimum Gasteiger partial charge on any atom is -0.365 e. The summed E-state index contributed by atoms with van der Waals surface area (Å²) in [5.74, 6) is 0. The fourth-order valence-electron chi connectivity index (χ4n) is 3.94. The van der Waals surface area contributed by atoms with E-state index < -0.39 is 0 Å². The van der Waals surface area contributed by atoms with Gasteiger partial charge in [0.05, 0.1) is 12.2 Å². The third kappa shape index (κ3) is 1.68. The molecule has 0 N–H and O–H groups in total. The summed E-state index contributed by atoms with van der Waals surface area (Å²) < 4.78 is 17.7. The highest BCUT2D eigenvalue weighted by Crippen LogP contribution is 2.63. The number of ether oxygens (including phenoxy) is 3. The third-order valence-corrected chi connectivity index (χ3v) is 4.98. The minimum atomic E-state index is -0.125. The van der Waals surface area contributed by atoms with E-state index in [1.54, 1.807) is 0 Å². The van der Waals surface area contributed by atoms with Crippen LogP contribution in [0.15, 0.2) is 12.2 Å². The van der Waals surface area contributed by atoms with E-state index in [2.05, 4.69) is 19.1 Å². The summed E-state index contributed by atoms with van der Waals surface area (Å²) in [5, 5.41) is 0. The quantitative estimate of drug-likeness (QED) is 0.438. The van der Waals surface area contributed by atoms with Crippen LogP contribution in [-0.2, 0) is 14.2 Å². The van der Waals surface area contributed by atoms with E-state index in [0.29, 0.717) is 12.7 Å². The van der Waals surface area contributed by atoms with Gasteiger partial charge in [0.2, 0.25) is 0 Å². The molecule has 18 heavy (non-hydrogen) atoms. The van der Waals surface area contributed by atoms with E-state index in [9.17, 15) is 0 Å². The normalized spacial score (nSPS) is 47.3. The van der Waals surface area contributed by atoms with Gasteiger partial charge in [-0.1, -0.05) is 19.1 Å². The standard InChI is InChI=1S/C15H24O3/c1-4-16-11(2)17-12-7-6-10-15-13(18-15)8-5-9-14(12,15)3/h5,9,11-13H,4,6-8,10H2,1-3H3/t11?,12-,13+,14-,15+/m1/s1. The summed E-state index contributed by atoms with van der Waals surface area (Å²) in [6.45, 7) is 6.99. The van der Waals surface area contributed by atoms with Crippen molar-refractivity contribution in [1.82, 2.24) is 0 Å². The van der Waals surface area contributed by atoms with Crippen LogP contribution >= 0.6 is 0 Å². The van der Waals surface area contributed by atoms with Crippen molar-refractivity contribution < 1.29 is 14.2 Å². The van der Waals surface area contributed by atoms with E-state index in [1.807, 2.05) is 13.8 Å². The van der Waals surface area contributed by atoms with Crippen molar-refractivity contribution in [3.63, 3.8) is 0 Å². The van der Waals surface area contributed by atoms with Gasteiger partial charge in [0, 0.05) is 12.0 Å². The lowest BCUT2D eigenvalue weighted by molar-refractivity contribution is -0.196. The minimum absolute atomic E-state index is 0.0273. The molecule has 1 saturated heterocycles. The molecule has 1 heterocycles. The van der Waals surface area contributed by atoms with Crippen molar-refractivity contribution in [1.29, 1.82) is 0 Å². The summed E-state index contributed by atoms with van der Waals surface area (Å²) in [4.78, 5) is 0. The average Bonchev–Trinajstić information content (AvgIpc) is 3.03. The molecule has 1 unspecified atom stereocenters. The zero-order chi connectivity index (χ0) is 12.8. The third-order valence-electron chi connectivity index (χ3n) is 4.98. The maximum atomic E-state index is 6.14. The lowest BCUT2D eigenvalue weighted by Crippen LogP contribution is -2.52. The molecular formula is C15H24O3. The Morgan fingerprint density at radius 2 is 2.33 bits per heavy atom. The Labute approximate surface area is 109 Å². The van der Waals surface area contributed by atoms with Crippen molar-refractivity contribution in [2.24, 2.45) is 5.41 Å². The molecule has 0 aromatic carbocycles. The monoisotopic (exact) mass is 252 g/mol. The fraction of sp³-hybridized carbons (Fsp3) is 0.867. The van der Waals surface area contributed by atoms with Gasteiger partial charge in [0.15, 0.2) is 6.29 Å². The molecule has 3 rings (SSSR count). The first-order valence-corrected chi connectivity index (χ1v) is 7.25. The maximum absolute atomic E-state index is 6.14. The van der Waals surface area contributed by atoms with Crippen LogP contribution in [0, 0.1) is 5.41 Å². The van der Waals surface area contributed by atoms with E-state index in [1.165, 1.54) is 12.8 Å². The van der Waals surface area contributed by atoms with Gasteiger partial charge in [0.1, 0.15) is 5.60 Å². The Balaban J connectivity index is 1.78. The van der Waals surface area contributed by atoms with Crippen LogP contribution in [0.4, 0.5) is 0 Å². The van der Waals surface area contributed by atoms with Crippen molar-refractivity contribution in [3.05, 3.63) is 12.2 Å². The van der Waals surface area contributed by atoms with Crippen molar-refractivity contribution >= 4 is 0 Å². The van der Waals surface area contributed by atoms with Gasteiger partial charge in [-0.3, -0.25) is 0 Å². The molecule has 5 atom stereocenters. The van der Waals surface area contributed by atoms with Crippen LogP contribution in [0.5, 0.6) is 0 Å². The molecule has 1 spiro atoms. The van der Waals surface area contributed by atoms with Crippen molar-refractivity contribution in [2.45, 2.75) is 70.6 Å². The summed E-state index contributed by atoms with van der Waals surface area (Å²) in [7, 11) is 0. The molecule has 1 saturated carbocycles. The van der Waals surface area contributed by atoms with Crippen LogP contribution in [0.3, 0.4) is 0 Å². The molecule has 3 heteroatoms. The summed E-state index contributed by atoms with van der Waals surface area (Å²) >= 11 is 0. The van der Waals surface area contributed by atoms with Gasteiger partial charge in [-0.25, -0.2) is 0 Å². The number of hydrogen-bond donors (Lipinski definition) is 0. The van der Waals surface area contributed by atoms with Gasteiger partial charge < -0.3 is 14.2 Å². The Morgan fingerprint density at radius 3 is 3.11 bits per heavy atom. The van der Waals surface area contributed by atoms with Gasteiger partial charge in [-0.2, -0.15) is 0 Å². The maximum Gasteiger partial charge on any atom is 0.155 e.